The summed E-state index contributed by atoms with van der Waals surface area (Å²) in [5.74, 6) is 1.26. The van der Waals surface area contributed by atoms with E-state index < -0.39 is 0 Å². The number of aromatic nitrogens is 4. The van der Waals surface area contributed by atoms with Crippen molar-refractivity contribution in [3.05, 3.63) is 6.33 Å². The second-order valence-corrected chi connectivity index (χ2v) is 4.79. The summed E-state index contributed by atoms with van der Waals surface area (Å²) in [4.78, 5) is 15.8. The van der Waals surface area contributed by atoms with Crippen molar-refractivity contribution in [1.29, 1.82) is 0 Å². The lowest BCUT2D eigenvalue weighted by Gasteiger charge is -2.25. The third-order valence-corrected chi connectivity index (χ3v) is 2.73. The molecule has 0 aliphatic carbocycles. The second kappa shape index (κ2) is 5.40. The topological polar surface area (TPSA) is 87.8 Å². The Balaban J connectivity index is 2.22. The van der Waals surface area contributed by atoms with E-state index in [2.05, 4.69) is 30.6 Å². The number of aromatic amines is 1. The van der Waals surface area contributed by atoms with Crippen LogP contribution in [-0.2, 0) is 4.74 Å². The van der Waals surface area contributed by atoms with E-state index in [-0.39, 0.29) is 5.60 Å². The molecule has 2 aromatic rings. The smallest absolute Gasteiger partial charge is 0.226 e. The van der Waals surface area contributed by atoms with Gasteiger partial charge in [0.25, 0.3) is 0 Å². The van der Waals surface area contributed by atoms with Crippen LogP contribution in [0.3, 0.4) is 0 Å². The van der Waals surface area contributed by atoms with E-state index in [1.165, 1.54) is 0 Å². The highest BCUT2D eigenvalue weighted by molar-refractivity contribution is 5.83. The third kappa shape index (κ3) is 3.11. The van der Waals surface area contributed by atoms with Crippen molar-refractivity contribution >= 4 is 22.9 Å². The molecule has 0 saturated heterocycles. The predicted octanol–water partition coefficient (Wildman–Crippen LogP) is 1.62. The SMILES string of the molecule is CCOC(C)(C)CNc1nc(NC)nc2nc[nH]c12. The summed E-state index contributed by atoms with van der Waals surface area (Å²) in [5, 5.41) is 6.21. The number of H-pyrrole nitrogens is 1. The number of fused-ring (bicyclic) bond motifs is 1. The van der Waals surface area contributed by atoms with Gasteiger partial charge in [0.2, 0.25) is 5.95 Å². The Morgan fingerprint density at radius 1 is 1.37 bits per heavy atom. The summed E-state index contributed by atoms with van der Waals surface area (Å²) >= 11 is 0. The quantitative estimate of drug-likeness (QED) is 0.735. The molecule has 0 radical (unpaired) electrons. The molecule has 7 nitrogen and oxygen atoms in total. The van der Waals surface area contributed by atoms with Gasteiger partial charge in [0.15, 0.2) is 11.5 Å². The summed E-state index contributed by atoms with van der Waals surface area (Å²) in [6, 6.07) is 0. The van der Waals surface area contributed by atoms with E-state index in [1.54, 1.807) is 13.4 Å². The molecule has 104 valence electrons. The Kier molecular flexibility index (Phi) is 3.84. The molecule has 0 aliphatic heterocycles. The van der Waals surface area contributed by atoms with Crippen LogP contribution >= 0.6 is 0 Å². The Bertz CT molecular complexity index is 550. The monoisotopic (exact) mass is 264 g/mol. The molecule has 0 atom stereocenters. The van der Waals surface area contributed by atoms with E-state index >= 15 is 0 Å². The number of hydrogen-bond acceptors (Lipinski definition) is 6. The van der Waals surface area contributed by atoms with Crippen LogP contribution in [0.4, 0.5) is 11.8 Å². The van der Waals surface area contributed by atoms with Crippen molar-refractivity contribution in [1.82, 2.24) is 19.9 Å². The summed E-state index contributed by atoms with van der Waals surface area (Å²) in [5.41, 5.74) is 1.17. The zero-order chi connectivity index (χ0) is 13.9. The molecule has 0 spiro atoms. The first-order valence-electron chi connectivity index (χ1n) is 6.32. The summed E-state index contributed by atoms with van der Waals surface area (Å²) in [7, 11) is 1.78. The first-order chi connectivity index (χ1) is 9.05. The van der Waals surface area contributed by atoms with E-state index in [0.717, 1.165) is 11.3 Å². The largest absolute Gasteiger partial charge is 0.374 e. The molecule has 0 saturated carbocycles. The van der Waals surface area contributed by atoms with E-state index in [0.29, 0.717) is 24.7 Å². The molecule has 0 fully saturated rings. The molecule has 2 heterocycles. The van der Waals surface area contributed by atoms with Crippen molar-refractivity contribution < 1.29 is 4.74 Å². The molecule has 7 heteroatoms. The van der Waals surface area contributed by atoms with Crippen molar-refractivity contribution in [2.75, 3.05) is 30.8 Å². The highest BCUT2D eigenvalue weighted by Crippen LogP contribution is 2.19. The van der Waals surface area contributed by atoms with Gasteiger partial charge in [-0.1, -0.05) is 0 Å². The Hall–Kier alpha value is -1.89. The van der Waals surface area contributed by atoms with Gasteiger partial charge in [-0.05, 0) is 20.8 Å². The van der Waals surface area contributed by atoms with Gasteiger partial charge in [-0.3, -0.25) is 0 Å². The van der Waals surface area contributed by atoms with Crippen LogP contribution < -0.4 is 10.6 Å². The molecule has 19 heavy (non-hydrogen) atoms. The highest BCUT2D eigenvalue weighted by atomic mass is 16.5. The summed E-state index contributed by atoms with van der Waals surface area (Å²) in [6.45, 7) is 7.38. The number of anilines is 2. The Morgan fingerprint density at radius 2 is 2.16 bits per heavy atom. The number of rotatable bonds is 6. The number of nitrogens with zero attached hydrogens (tertiary/aromatic N) is 3. The maximum atomic E-state index is 5.65. The number of ether oxygens (including phenoxy) is 1. The Morgan fingerprint density at radius 3 is 2.84 bits per heavy atom. The molecule has 0 aliphatic rings. The predicted molar refractivity (Wildman–Crippen MR) is 75.4 cm³/mol. The minimum atomic E-state index is -0.258. The zero-order valence-electron chi connectivity index (χ0n) is 11.7. The first kappa shape index (κ1) is 13.5. The van der Waals surface area contributed by atoms with Gasteiger partial charge in [-0.25, -0.2) is 4.98 Å². The van der Waals surface area contributed by atoms with Gasteiger partial charge in [0.1, 0.15) is 5.52 Å². The third-order valence-electron chi connectivity index (χ3n) is 2.73. The fraction of sp³-hybridized carbons (Fsp3) is 0.583. The van der Waals surface area contributed by atoms with Crippen LogP contribution in [0.5, 0.6) is 0 Å². The van der Waals surface area contributed by atoms with Gasteiger partial charge in [-0.2, -0.15) is 9.97 Å². The number of imidazole rings is 1. The summed E-state index contributed by atoms with van der Waals surface area (Å²) in [6.07, 6.45) is 1.61. The lowest BCUT2D eigenvalue weighted by Crippen LogP contribution is -2.33. The van der Waals surface area contributed by atoms with Crippen LogP contribution in [0.1, 0.15) is 20.8 Å². The molecule has 2 aromatic heterocycles. The van der Waals surface area contributed by atoms with Crippen molar-refractivity contribution in [2.45, 2.75) is 26.4 Å². The van der Waals surface area contributed by atoms with Gasteiger partial charge in [-0.15, -0.1) is 0 Å². The molecule has 0 bridgehead atoms. The molecule has 0 aromatic carbocycles. The van der Waals surface area contributed by atoms with Crippen LogP contribution in [0.2, 0.25) is 0 Å². The molecule has 0 amide bonds. The number of nitrogens with one attached hydrogen (secondary N) is 3. The minimum absolute atomic E-state index is 0.258. The van der Waals surface area contributed by atoms with Gasteiger partial charge < -0.3 is 20.4 Å². The van der Waals surface area contributed by atoms with Gasteiger partial charge in [0.05, 0.1) is 11.9 Å². The van der Waals surface area contributed by atoms with E-state index in [4.69, 9.17) is 4.74 Å². The standard InChI is InChI=1S/C12H20N6O/c1-5-19-12(2,3)6-14-9-8-10(16-7-15-8)18-11(13-4)17-9/h7H,5-6H2,1-4H3,(H3,13,14,15,16,17,18). The fourth-order valence-corrected chi connectivity index (χ4v) is 1.81. The van der Waals surface area contributed by atoms with Gasteiger partial charge in [0, 0.05) is 20.2 Å². The molecule has 2 rings (SSSR count). The number of hydrogen-bond donors (Lipinski definition) is 3. The first-order valence-corrected chi connectivity index (χ1v) is 6.32. The Labute approximate surface area is 112 Å². The maximum Gasteiger partial charge on any atom is 0.226 e. The second-order valence-electron chi connectivity index (χ2n) is 4.79. The normalized spacial score (nSPS) is 11.8. The van der Waals surface area contributed by atoms with Crippen molar-refractivity contribution in [3.63, 3.8) is 0 Å². The van der Waals surface area contributed by atoms with Crippen LogP contribution in [-0.4, -0.2) is 45.7 Å². The average molecular weight is 264 g/mol. The van der Waals surface area contributed by atoms with E-state index in [1.807, 2.05) is 20.8 Å². The van der Waals surface area contributed by atoms with Crippen molar-refractivity contribution in [2.24, 2.45) is 0 Å². The fourth-order valence-electron chi connectivity index (χ4n) is 1.81. The summed E-state index contributed by atoms with van der Waals surface area (Å²) < 4.78 is 5.65. The maximum absolute atomic E-state index is 5.65. The molecular formula is C12H20N6O. The van der Waals surface area contributed by atoms with Crippen molar-refractivity contribution in [3.8, 4) is 0 Å². The van der Waals surface area contributed by atoms with Crippen LogP contribution in [0.15, 0.2) is 6.33 Å². The molecule has 0 unspecified atom stereocenters. The van der Waals surface area contributed by atoms with Crippen LogP contribution in [0, 0.1) is 0 Å². The average Bonchev–Trinajstić information content (AvgIpc) is 2.83. The van der Waals surface area contributed by atoms with Gasteiger partial charge >= 0.3 is 0 Å². The zero-order valence-corrected chi connectivity index (χ0v) is 11.7. The lowest BCUT2D eigenvalue weighted by molar-refractivity contribution is 0.000662. The van der Waals surface area contributed by atoms with E-state index in [9.17, 15) is 0 Å². The minimum Gasteiger partial charge on any atom is -0.374 e. The lowest BCUT2D eigenvalue weighted by atomic mass is 10.1. The molecule has 3 N–H and O–H groups in total. The van der Waals surface area contributed by atoms with Crippen LogP contribution in [0.25, 0.3) is 11.2 Å². The highest BCUT2D eigenvalue weighted by Gasteiger charge is 2.19. The molecular weight excluding hydrogens is 244 g/mol.